The summed E-state index contributed by atoms with van der Waals surface area (Å²) < 4.78 is 68.6. The first-order valence-electron chi connectivity index (χ1n) is 40.3. The van der Waals surface area contributed by atoms with Crippen LogP contribution in [0.15, 0.2) is 0 Å². The second kappa shape index (κ2) is 71.5. The zero-order valence-corrected chi connectivity index (χ0v) is 64.1. The Balaban J connectivity index is 5.25. The molecule has 0 heterocycles. The van der Waals surface area contributed by atoms with Crippen LogP contribution in [-0.4, -0.2) is 96.7 Å². The second-order valence-corrected chi connectivity index (χ2v) is 30.7. The van der Waals surface area contributed by atoms with E-state index in [2.05, 4.69) is 27.7 Å². The molecule has 0 fully saturated rings. The third-order valence-corrected chi connectivity index (χ3v) is 20.0. The van der Waals surface area contributed by atoms with Crippen molar-refractivity contribution in [3.8, 4) is 0 Å². The van der Waals surface area contributed by atoms with Crippen LogP contribution in [0.25, 0.3) is 0 Å². The van der Waals surface area contributed by atoms with Gasteiger partial charge in [0.2, 0.25) is 0 Å². The molecule has 0 bridgehead atoms. The van der Waals surface area contributed by atoms with Gasteiger partial charge in [-0.2, -0.15) is 0 Å². The molecule has 96 heavy (non-hydrogen) atoms. The molecule has 0 saturated heterocycles. The second-order valence-electron chi connectivity index (χ2n) is 27.7. The summed E-state index contributed by atoms with van der Waals surface area (Å²) in [6.45, 7) is 5.01. The van der Waals surface area contributed by atoms with Crippen molar-refractivity contribution in [3.63, 3.8) is 0 Å². The van der Waals surface area contributed by atoms with Crippen molar-refractivity contribution in [1.29, 1.82) is 0 Å². The van der Waals surface area contributed by atoms with E-state index in [4.69, 9.17) is 37.0 Å². The van der Waals surface area contributed by atoms with Crippen molar-refractivity contribution in [2.45, 2.75) is 431 Å². The lowest BCUT2D eigenvalue weighted by Crippen LogP contribution is -2.30. The summed E-state index contributed by atoms with van der Waals surface area (Å²) in [6, 6.07) is 0. The SMILES string of the molecule is CCCCCCCCCCCCCCCCCCC(=O)OC[C@H](COP(=O)(O)OC[C@@H](O)COP(=O)(O)OC[C@@H](COC(=O)CCCCCCCCCCCCC)OC(=O)CCCCCCCCCCCCCCC)OC(=O)CCCCCCCCCCCCCCCCCC. The van der Waals surface area contributed by atoms with Gasteiger partial charge in [0.1, 0.15) is 19.3 Å². The summed E-state index contributed by atoms with van der Waals surface area (Å²) in [6.07, 6.45) is 62.2. The van der Waals surface area contributed by atoms with Gasteiger partial charge < -0.3 is 33.8 Å². The standard InChI is InChI=1S/C77H150O17P2/c1-5-9-13-17-21-25-29-32-34-36-39-42-46-50-54-58-62-75(80)88-68-73(94-77(82)64-60-56-52-48-44-40-37-35-33-30-26-22-18-14-10-6-2)70-92-96(85,86)90-66-71(78)65-89-95(83,84)91-69-72(67-87-74(79)61-57-53-49-45-41-28-24-20-16-12-8-4)93-76(81)63-59-55-51-47-43-38-31-27-23-19-15-11-7-3/h71-73,78H,5-70H2,1-4H3,(H,83,84)(H,85,86)/t71-,72+,73+/m0/s1. The van der Waals surface area contributed by atoms with E-state index in [1.54, 1.807) is 0 Å². The normalized spacial score (nSPS) is 13.9. The summed E-state index contributed by atoms with van der Waals surface area (Å²) in [7, 11) is -9.91. The van der Waals surface area contributed by atoms with Gasteiger partial charge in [-0.1, -0.05) is 362 Å². The van der Waals surface area contributed by atoms with E-state index in [0.29, 0.717) is 25.7 Å². The van der Waals surface area contributed by atoms with Gasteiger partial charge >= 0.3 is 39.5 Å². The highest BCUT2D eigenvalue weighted by molar-refractivity contribution is 7.47. The highest BCUT2D eigenvalue weighted by atomic mass is 31.2. The number of carbonyl (C=O) groups excluding carboxylic acids is 4. The average Bonchev–Trinajstić information content (AvgIpc) is 1.16. The minimum Gasteiger partial charge on any atom is -0.462 e. The summed E-state index contributed by atoms with van der Waals surface area (Å²) in [4.78, 5) is 72.9. The number of aliphatic hydroxyl groups excluding tert-OH is 1. The van der Waals surface area contributed by atoms with E-state index in [1.165, 1.54) is 244 Å². The van der Waals surface area contributed by atoms with E-state index in [-0.39, 0.29) is 25.7 Å². The van der Waals surface area contributed by atoms with Crippen LogP contribution in [0.5, 0.6) is 0 Å². The average molecular weight is 1410 g/mol. The van der Waals surface area contributed by atoms with E-state index in [1.807, 2.05) is 0 Å². The molecule has 0 aliphatic carbocycles. The zero-order chi connectivity index (χ0) is 70.4. The monoisotopic (exact) mass is 1410 g/mol. The van der Waals surface area contributed by atoms with Gasteiger partial charge in [-0.25, -0.2) is 9.13 Å². The minimum absolute atomic E-state index is 0.108. The molecule has 0 saturated carbocycles. The first-order chi connectivity index (χ1) is 46.7. The Labute approximate surface area is 588 Å². The fraction of sp³-hybridized carbons (Fsp3) is 0.948. The largest absolute Gasteiger partial charge is 0.472 e. The molecule has 19 heteroatoms. The van der Waals surface area contributed by atoms with Gasteiger partial charge in [0.25, 0.3) is 0 Å². The van der Waals surface area contributed by atoms with Crippen molar-refractivity contribution >= 4 is 39.5 Å². The molecular formula is C77H150O17P2. The lowest BCUT2D eigenvalue weighted by Gasteiger charge is -2.21. The van der Waals surface area contributed by atoms with Crippen LogP contribution in [-0.2, 0) is 65.4 Å². The summed E-state index contributed by atoms with van der Waals surface area (Å²) in [5.41, 5.74) is 0. The van der Waals surface area contributed by atoms with Crippen molar-refractivity contribution in [2.24, 2.45) is 0 Å². The van der Waals surface area contributed by atoms with Gasteiger partial charge in [0.05, 0.1) is 26.4 Å². The molecule has 0 spiro atoms. The number of hydrogen-bond acceptors (Lipinski definition) is 15. The fourth-order valence-corrected chi connectivity index (χ4v) is 13.5. The van der Waals surface area contributed by atoms with E-state index < -0.39 is 97.5 Å². The molecule has 0 aromatic rings. The molecule has 0 aliphatic heterocycles. The van der Waals surface area contributed by atoms with Crippen molar-refractivity contribution < 1.29 is 80.2 Å². The van der Waals surface area contributed by atoms with E-state index in [0.717, 1.165) is 89.9 Å². The predicted octanol–water partition coefficient (Wildman–Crippen LogP) is 23.0. The van der Waals surface area contributed by atoms with Gasteiger partial charge in [-0.15, -0.1) is 0 Å². The summed E-state index contributed by atoms with van der Waals surface area (Å²) in [5, 5.41) is 10.6. The lowest BCUT2D eigenvalue weighted by molar-refractivity contribution is -0.161. The number of carbonyl (C=O) groups is 4. The number of esters is 4. The molecular weight excluding hydrogens is 1260 g/mol. The van der Waals surface area contributed by atoms with Crippen LogP contribution in [0, 0.1) is 0 Å². The number of phosphoric acid groups is 2. The number of aliphatic hydroxyl groups is 1. The molecule has 0 aliphatic rings. The van der Waals surface area contributed by atoms with Crippen LogP contribution < -0.4 is 0 Å². The quantitative estimate of drug-likeness (QED) is 0.0222. The molecule has 5 atom stereocenters. The summed E-state index contributed by atoms with van der Waals surface area (Å²) in [5.74, 6) is -2.11. The summed E-state index contributed by atoms with van der Waals surface area (Å²) >= 11 is 0. The number of hydrogen-bond donors (Lipinski definition) is 3. The van der Waals surface area contributed by atoms with Crippen molar-refractivity contribution in [2.75, 3.05) is 39.6 Å². The molecule has 0 radical (unpaired) electrons. The van der Waals surface area contributed by atoms with Gasteiger partial charge in [-0.3, -0.25) is 37.3 Å². The highest BCUT2D eigenvalue weighted by Gasteiger charge is 2.30. The molecule has 0 aromatic heterocycles. The van der Waals surface area contributed by atoms with Crippen molar-refractivity contribution in [3.05, 3.63) is 0 Å². The lowest BCUT2D eigenvalue weighted by atomic mass is 10.0. The van der Waals surface area contributed by atoms with Gasteiger partial charge in [-0.05, 0) is 25.7 Å². The first-order valence-corrected chi connectivity index (χ1v) is 43.3. The van der Waals surface area contributed by atoms with Crippen LogP contribution >= 0.6 is 15.6 Å². The Kier molecular flexibility index (Phi) is 70.0. The van der Waals surface area contributed by atoms with Crippen LogP contribution in [0.2, 0.25) is 0 Å². The van der Waals surface area contributed by atoms with E-state index in [9.17, 15) is 43.2 Å². The number of phosphoric ester groups is 2. The topological polar surface area (TPSA) is 237 Å². The van der Waals surface area contributed by atoms with Crippen molar-refractivity contribution in [1.82, 2.24) is 0 Å². The third-order valence-electron chi connectivity index (χ3n) is 18.1. The minimum atomic E-state index is -4.96. The molecule has 0 amide bonds. The maximum absolute atomic E-state index is 13.1. The molecule has 3 N–H and O–H groups in total. The fourth-order valence-electron chi connectivity index (χ4n) is 11.9. The van der Waals surface area contributed by atoms with Gasteiger partial charge in [0.15, 0.2) is 12.2 Å². The first kappa shape index (κ1) is 94.1. The maximum Gasteiger partial charge on any atom is 0.472 e. The smallest absolute Gasteiger partial charge is 0.462 e. The van der Waals surface area contributed by atoms with E-state index >= 15 is 0 Å². The molecule has 0 aromatic carbocycles. The molecule has 2 unspecified atom stereocenters. The highest BCUT2D eigenvalue weighted by Crippen LogP contribution is 2.45. The number of rotatable bonds is 78. The Morgan fingerprint density at radius 1 is 0.250 bits per heavy atom. The zero-order valence-electron chi connectivity index (χ0n) is 62.4. The number of unbranched alkanes of at least 4 members (excludes halogenated alkanes) is 52. The Bertz CT molecular complexity index is 1830. The molecule has 0 rings (SSSR count). The number of ether oxygens (including phenoxy) is 4. The third kappa shape index (κ3) is 70.5. The molecule has 17 nitrogen and oxygen atoms in total. The van der Waals surface area contributed by atoms with Crippen LogP contribution in [0.3, 0.4) is 0 Å². The predicted molar refractivity (Wildman–Crippen MR) is 391 cm³/mol. The Morgan fingerprint density at radius 3 is 0.615 bits per heavy atom. The van der Waals surface area contributed by atoms with Crippen LogP contribution in [0.1, 0.15) is 413 Å². The van der Waals surface area contributed by atoms with Crippen LogP contribution in [0.4, 0.5) is 0 Å². The Morgan fingerprint density at radius 2 is 0.417 bits per heavy atom. The maximum atomic E-state index is 13.1. The van der Waals surface area contributed by atoms with Gasteiger partial charge in [0, 0.05) is 25.7 Å². The Hall–Kier alpha value is -1.94. The molecule has 570 valence electrons.